The van der Waals surface area contributed by atoms with Crippen molar-refractivity contribution in [3.05, 3.63) is 175 Å². The summed E-state index contributed by atoms with van der Waals surface area (Å²) in [4.78, 5) is 14.7. The largest absolute Gasteiger partial charge is 0.455 e. The second-order valence-corrected chi connectivity index (χ2v) is 13.1. The van der Waals surface area contributed by atoms with Gasteiger partial charge in [0, 0.05) is 32.8 Å². The normalized spacial score (nSPS) is 11.4. The molecule has 0 N–H and O–H groups in total. The topological polar surface area (TPSA) is 75.6 Å². The molecule has 0 saturated heterocycles. The molecule has 0 fully saturated rings. The van der Waals surface area contributed by atoms with Crippen LogP contribution in [0.25, 0.3) is 99.9 Å². The fourth-order valence-corrected chi connectivity index (χ4v) is 7.30. The Morgan fingerprint density at radius 1 is 0.377 bits per heavy atom. The maximum atomic E-state index is 9.31. The Hall–Kier alpha value is -7.42. The van der Waals surface area contributed by atoms with Gasteiger partial charge in [0.1, 0.15) is 11.2 Å². The molecule has 2 heterocycles. The quantitative estimate of drug-likeness (QED) is 0.170. The van der Waals surface area contributed by atoms with Crippen LogP contribution in [0.2, 0.25) is 0 Å². The number of nitrogens with zero attached hydrogens (tertiary/aromatic N) is 4. The fourth-order valence-electron chi connectivity index (χ4n) is 7.30. The zero-order valence-electron chi connectivity index (χ0n) is 28.4. The van der Waals surface area contributed by atoms with E-state index in [-0.39, 0.29) is 0 Å². The molecule has 8 aromatic carbocycles. The average Bonchev–Trinajstić information content (AvgIpc) is 3.64. The van der Waals surface area contributed by atoms with Gasteiger partial charge in [0.15, 0.2) is 17.5 Å². The minimum Gasteiger partial charge on any atom is -0.455 e. The van der Waals surface area contributed by atoms with E-state index in [9.17, 15) is 5.26 Å². The van der Waals surface area contributed by atoms with Crippen molar-refractivity contribution in [2.45, 2.75) is 0 Å². The predicted octanol–water partition coefficient (Wildman–Crippen LogP) is 12.3. The summed E-state index contributed by atoms with van der Waals surface area (Å²) in [6, 6.07) is 60.0. The van der Waals surface area contributed by atoms with Gasteiger partial charge >= 0.3 is 0 Å². The Labute approximate surface area is 305 Å². The minimum absolute atomic E-state index is 0.624. The number of hydrogen-bond donors (Lipinski definition) is 0. The molecule has 5 heteroatoms. The van der Waals surface area contributed by atoms with E-state index >= 15 is 0 Å². The van der Waals surface area contributed by atoms with E-state index in [0.29, 0.717) is 23.0 Å². The highest BCUT2D eigenvalue weighted by molar-refractivity contribution is 6.30. The molecule has 0 bridgehead atoms. The zero-order chi connectivity index (χ0) is 35.3. The number of para-hydroxylation sites is 1. The van der Waals surface area contributed by atoms with Crippen molar-refractivity contribution in [1.29, 1.82) is 5.26 Å². The third kappa shape index (κ3) is 5.29. The smallest absolute Gasteiger partial charge is 0.164 e. The van der Waals surface area contributed by atoms with Crippen LogP contribution < -0.4 is 0 Å². The van der Waals surface area contributed by atoms with Crippen molar-refractivity contribution < 1.29 is 4.42 Å². The van der Waals surface area contributed by atoms with Gasteiger partial charge in [-0.15, -0.1) is 0 Å². The number of hydrogen-bond acceptors (Lipinski definition) is 5. The van der Waals surface area contributed by atoms with Crippen molar-refractivity contribution in [3.8, 4) is 62.5 Å². The molecule has 0 spiro atoms. The third-order valence-electron chi connectivity index (χ3n) is 9.96. The molecule has 10 rings (SSSR count). The molecule has 246 valence electrons. The van der Waals surface area contributed by atoms with Crippen molar-refractivity contribution in [2.24, 2.45) is 0 Å². The molecule has 2 aromatic heterocycles. The standard InChI is InChI=1S/C48H28N4O/c49-29-30-15-17-31(18-16-30)36-23-25-38-39-26-24-37(28-42(39)45-44(41(38)27-36)40-13-7-8-14-43(40)53-45)32-19-21-35(22-20-32)48-51-46(33-9-3-1-4-10-33)50-47(52-48)34-11-5-2-6-12-34/h1-28H. The van der Waals surface area contributed by atoms with E-state index in [1.165, 1.54) is 0 Å². The van der Waals surface area contributed by atoms with Crippen molar-refractivity contribution in [3.63, 3.8) is 0 Å². The van der Waals surface area contributed by atoms with Crippen LogP contribution in [-0.4, -0.2) is 15.0 Å². The molecular formula is C48H28N4O. The van der Waals surface area contributed by atoms with Crippen molar-refractivity contribution >= 4 is 43.5 Å². The Kier molecular flexibility index (Phi) is 7.12. The van der Waals surface area contributed by atoms with Gasteiger partial charge in [0.2, 0.25) is 0 Å². The third-order valence-corrected chi connectivity index (χ3v) is 9.96. The van der Waals surface area contributed by atoms with Gasteiger partial charge in [0.25, 0.3) is 0 Å². The van der Waals surface area contributed by atoms with Gasteiger partial charge in [0.05, 0.1) is 11.6 Å². The zero-order valence-corrected chi connectivity index (χ0v) is 28.4. The highest BCUT2D eigenvalue weighted by Gasteiger charge is 2.18. The van der Waals surface area contributed by atoms with Crippen LogP contribution in [-0.2, 0) is 0 Å². The highest BCUT2D eigenvalue weighted by Crippen LogP contribution is 2.43. The number of fused-ring (bicyclic) bond motifs is 8. The number of benzene rings is 8. The summed E-state index contributed by atoms with van der Waals surface area (Å²) in [5, 5.41) is 16.0. The van der Waals surface area contributed by atoms with Gasteiger partial charge in [-0.25, -0.2) is 15.0 Å². The van der Waals surface area contributed by atoms with Crippen LogP contribution >= 0.6 is 0 Å². The molecule has 0 aliphatic rings. The summed E-state index contributed by atoms with van der Waals surface area (Å²) in [5.74, 6) is 1.90. The molecule has 0 aliphatic heterocycles. The van der Waals surface area contributed by atoms with E-state index < -0.39 is 0 Å². The number of furan rings is 1. The van der Waals surface area contributed by atoms with Crippen LogP contribution in [0.1, 0.15) is 5.56 Å². The Bertz CT molecular complexity index is 2980. The van der Waals surface area contributed by atoms with Crippen LogP contribution in [0, 0.1) is 11.3 Å². The number of aromatic nitrogens is 3. The molecule has 53 heavy (non-hydrogen) atoms. The monoisotopic (exact) mass is 676 g/mol. The highest BCUT2D eigenvalue weighted by atomic mass is 16.3. The minimum atomic E-state index is 0.624. The average molecular weight is 677 g/mol. The molecule has 10 aromatic rings. The van der Waals surface area contributed by atoms with E-state index in [1.807, 2.05) is 97.1 Å². The first-order valence-electron chi connectivity index (χ1n) is 17.5. The van der Waals surface area contributed by atoms with Gasteiger partial charge < -0.3 is 4.42 Å². The van der Waals surface area contributed by atoms with Crippen LogP contribution in [0.5, 0.6) is 0 Å². The lowest BCUT2D eigenvalue weighted by atomic mass is 9.92. The SMILES string of the molecule is N#Cc1ccc(-c2ccc3c4ccc(-c5ccc(-c6nc(-c7ccccc7)nc(-c7ccccc7)n6)cc5)cc4c4oc5ccccc5c4c3c2)cc1. The predicted molar refractivity (Wildman–Crippen MR) is 214 cm³/mol. The lowest BCUT2D eigenvalue weighted by molar-refractivity contribution is 0.673. The summed E-state index contributed by atoms with van der Waals surface area (Å²) >= 11 is 0. The maximum Gasteiger partial charge on any atom is 0.164 e. The molecule has 0 atom stereocenters. The Morgan fingerprint density at radius 3 is 1.42 bits per heavy atom. The van der Waals surface area contributed by atoms with Crippen molar-refractivity contribution in [1.82, 2.24) is 15.0 Å². The summed E-state index contributed by atoms with van der Waals surface area (Å²) < 4.78 is 6.65. The number of nitriles is 1. The lowest BCUT2D eigenvalue weighted by Gasteiger charge is -2.12. The molecule has 5 nitrogen and oxygen atoms in total. The first kappa shape index (κ1) is 30.4. The van der Waals surface area contributed by atoms with Crippen LogP contribution in [0.15, 0.2) is 174 Å². The van der Waals surface area contributed by atoms with Gasteiger partial charge in [-0.1, -0.05) is 140 Å². The van der Waals surface area contributed by atoms with Gasteiger partial charge in [-0.05, 0) is 68.7 Å². The first-order chi connectivity index (χ1) is 26.2. The molecule has 0 radical (unpaired) electrons. The summed E-state index contributed by atoms with van der Waals surface area (Å²) in [6.07, 6.45) is 0. The summed E-state index contributed by atoms with van der Waals surface area (Å²) in [6.45, 7) is 0. The first-order valence-corrected chi connectivity index (χ1v) is 17.5. The Morgan fingerprint density at radius 2 is 0.830 bits per heavy atom. The molecule has 0 unspecified atom stereocenters. The number of rotatable bonds is 5. The van der Waals surface area contributed by atoms with E-state index in [1.54, 1.807) is 0 Å². The van der Waals surface area contributed by atoms with Gasteiger partial charge in [-0.2, -0.15) is 5.26 Å². The Balaban J connectivity index is 1.09. The van der Waals surface area contributed by atoms with Crippen LogP contribution in [0.4, 0.5) is 0 Å². The van der Waals surface area contributed by atoms with Crippen molar-refractivity contribution in [2.75, 3.05) is 0 Å². The molecule has 0 aliphatic carbocycles. The summed E-state index contributed by atoms with van der Waals surface area (Å²) in [5.41, 5.74) is 9.50. The van der Waals surface area contributed by atoms with E-state index in [4.69, 9.17) is 19.4 Å². The van der Waals surface area contributed by atoms with Gasteiger partial charge in [-0.3, -0.25) is 0 Å². The second-order valence-electron chi connectivity index (χ2n) is 13.1. The molecular weight excluding hydrogens is 649 g/mol. The van der Waals surface area contributed by atoms with E-state index in [0.717, 1.165) is 82.4 Å². The second kappa shape index (κ2) is 12.4. The summed E-state index contributed by atoms with van der Waals surface area (Å²) in [7, 11) is 0. The maximum absolute atomic E-state index is 9.31. The van der Waals surface area contributed by atoms with E-state index in [2.05, 4.69) is 78.9 Å². The molecule has 0 amide bonds. The lowest BCUT2D eigenvalue weighted by Crippen LogP contribution is -2.00. The van der Waals surface area contributed by atoms with Crippen LogP contribution in [0.3, 0.4) is 0 Å². The molecule has 0 saturated carbocycles. The fraction of sp³-hybridized carbons (Fsp3) is 0.